The first kappa shape index (κ1) is 23.3. The van der Waals surface area contributed by atoms with E-state index in [1.165, 1.54) is 6.07 Å². The molecule has 0 bridgehead atoms. The van der Waals surface area contributed by atoms with E-state index in [2.05, 4.69) is 15.6 Å². The second-order valence-corrected chi connectivity index (χ2v) is 9.86. The number of thiazole rings is 1. The number of amides is 2. The van der Waals surface area contributed by atoms with E-state index in [4.69, 9.17) is 0 Å². The third kappa shape index (κ3) is 5.75. The molecule has 1 aliphatic heterocycles. The second-order valence-electron chi connectivity index (χ2n) is 7.56. The molecule has 10 heteroatoms. The monoisotopic (exact) mass is 491 g/mol. The molecule has 2 N–H and O–H groups in total. The summed E-state index contributed by atoms with van der Waals surface area (Å²) in [6.07, 6.45) is -3.91. The maximum absolute atomic E-state index is 12.9. The fourth-order valence-electron chi connectivity index (χ4n) is 3.39. The largest absolute Gasteiger partial charge is 0.416 e. The molecule has 0 saturated heterocycles. The quantitative estimate of drug-likeness (QED) is 0.491. The van der Waals surface area contributed by atoms with Crippen LogP contribution in [-0.4, -0.2) is 28.6 Å². The van der Waals surface area contributed by atoms with Gasteiger partial charge in [-0.15, -0.1) is 23.1 Å². The van der Waals surface area contributed by atoms with Crippen LogP contribution in [0, 0.1) is 6.92 Å². The molecule has 0 spiro atoms. The van der Waals surface area contributed by atoms with Crippen LogP contribution in [0.4, 0.5) is 18.9 Å². The van der Waals surface area contributed by atoms with Gasteiger partial charge >= 0.3 is 6.18 Å². The molecule has 1 atom stereocenters. The zero-order valence-electron chi connectivity index (χ0n) is 17.5. The number of aryl methyl sites for hydroxylation is 1. The van der Waals surface area contributed by atoms with E-state index >= 15 is 0 Å². The maximum Gasteiger partial charge on any atom is 0.416 e. The number of halogens is 3. The Morgan fingerprint density at radius 1 is 1.18 bits per heavy atom. The van der Waals surface area contributed by atoms with Gasteiger partial charge in [-0.25, -0.2) is 4.98 Å². The molecule has 0 saturated carbocycles. The number of alkyl halides is 3. The Morgan fingerprint density at radius 3 is 2.61 bits per heavy atom. The third-order valence-electron chi connectivity index (χ3n) is 5.10. The number of carbonyl (C=O) groups is 2. The SMILES string of the molecule is Cc1nc(-c2ccc(CCNC(=O)CC3Sc4ccc(C(F)(F)F)cc4NC3=O)cc2)cs1. The van der Waals surface area contributed by atoms with Gasteiger partial charge in [-0.1, -0.05) is 24.3 Å². The molecule has 2 aromatic carbocycles. The number of anilines is 1. The van der Waals surface area contributed by atoms with E-state index in [1.807, 2.05) is 36.6 Å². The first-order valence-electron chi connectivity index (χ1n) is 10.2. The lowest BCUT2D eigenvalue weighted by Gasteiger charge is -2.24. The highest BCUT2D eigenvalue weighted by molar-refractivity contribution is 8.01. The van der Waals surface area contributed by atoms with Crippen LogP contribution in [0.5, 0.6) is 0 Å². The summed E-state index contributed by atoms with van der Waals surface area (Å²) in [6, 6.07) is 11.2. The van der Waals surface area contributed by atoms with Gasteiger partial charge < -0.3 is 10.6 Å². The number of nitrogens with zero attached hydrogens (tertiary/aromatic N) is 1. The smallest absolute Gasteiger partial charge is 0.356 e. The number of rotatable bonds is 6. The zero-order chi connectivity index (χ0) is 23.6. The summed E-state index contributed by atoms with van der Waals surface area (Å²) in [5.41, 5.74) is 2.33. The lowest BCUT2D eigenvalue weighted by molar-refractivity contribution is -0.137. The van der Waals surface area contributed by atoms with Crippen LogP contribution in [0.15, 0.2) is 52.7 Å². The van der Waals surface area contributed by atoms with Crippen LogP contribution in [0.2, 0.25) is 0 Å². The van der Waals surface area contributed by atoms with Crippen molar-refractivity contribution < 1.29 is 22.8 Å². The number of nitrogens with one attached hydrogen (secondary N) is 2. The molecule has 0 aliphatic carbocycles. The van der Waals surface area contributed by atoms with Crippen molar-refractivity contribution in [3.63, 3.8) is 0 Å². The first-order valence-corrected chi connectivity index (χ1v) is 11.9. The number of hydrogen-bond donors (Lipinski definition) is 2. The number of benzene rings is 2. The molecule has 1 aliphatic rings. The molecular weight excluding hydrogens is 471 g/mol. The third-order valence-corrected chi connectivity index (χ3v) is 7.15. The van der Waals surface area contributed by atoms with Crippen molar-refractivity contribution in [3.05, 3.63) is 64.0 Å². The van der Waals surface area contributed by atoms with Crippen LogP contribution in [0.1, 0.15) is 22.6 Å². The zero-order valence-corrected chi connectivity index (χ0v) is 19.2. The van der Waals surface area contributed by atoms with Crippen LogP contribution >= 0.6 is 23.1 Å². The Kier molecular flexibility index (Phi) is 6.76. The van der Waals surface area contributed by atoms with Gasteiger partial charge in [0.15, 0.2) is 0 Å². The molecule has 3 aromatic rings. The predicted molar refractivity (Wildman–Crippen MR) is 123 cm³/mol. The fourth-order valence-corrected chi connectivity index (χ4v) is 5.10. The Morgan fingerprint density at radius 2 is 1.94 bits per heavy atom. The summed E-state index contributed by atoms with van der Waals surface area (Å²) in [7, 11) is 0. The standard InChI is InChI=1S/C23H20F3N3O2S2/c1-13-28-18(12-32-13)15-4-2-14(3-5-15)8-9-27-21(30)11-20-22(31)29-17-10-16(23(24,25)26)6-7-19(17)33-20/h2-7,10,12,20H,8-9,11H2,1H3,(H,27,30)(H,29,31). The highest BCUT2D eigenvalue weighted by Gasteiger charge is 2.34. The molecule has 1 aromatic heterocycles. The summed E-state index contributed by atoms with van der Waals surface area (Å²) < 4.78 is 38.6. The minimum Gasteiger partial charge on any atom is -0.356 e. The summed E-state index contributed by atoms with van der Waals surface area (Å²) in [6.45, 7) is 2.38. The van der Waals surface area contributed by atoms with E-state index in [9.17, 15) is 22.8 Å². The van der Waals surface area contributed by atoms with Crippen molar-refractivity contribution in [3.8, 4) is 11.3 Å². The molecule has 4 rings (SSSR count). The van der Waals surface area contributed by atoms with E-state index < -0.39 is 22.9 Å². The van der Waals surface area contributed by atoms with Crippen LogP contribution < -0.4 is 10.6 Å². The van der Waals surface area contributed by atoms with Crippen LogP contribution in [0.25, 0.3) is 11.3 Å². The van der Waals surface area contributed by atoms with Gasteiger partial charge in [0.1, 0.15) is 0 Å². The molecule has 1 unspecified atom stereocenters. The average molecular weight is 492 g/mol. The van der Waals surface area contributed by atoms with Gasteiger partial charge in [0.25, 0.3) is 0 Å². The van der Waals surface area contributed by atoms with Crippen molar-refractivity contribution in [1.29, 1.82) is 0 Å². The van der Waals surface area contributed by atoms with Gasteiger partial charge in [-0.3, -0.25) is 9.59 Å². The van der Waals surface area contributed by atoms with Gasteiger partial charge in [-0.05, 0) is 37.1 Å². The molecular formula is C23H20F3N3O2S2. The van der Waals surface area contributed by atoms with Crippen molar-refractivity contribution in [2.24, 2.45) is 0 Å². The topological polar surface area (TPSA) is 71.1 Å². The molecule has 33 heavy (non-hydrogen) atoms. The molecule has 5 nitrogen and oxygen atoms in total. The van der Waals surface area contributed by atoms with Gasteiger partial charge in [0, 0.05) is 28.8 Å². The summed E-state index contributed by atoms with van der Waals surface area (Å²) in [5, 5.41) is 7.62. The normalized spacial score (nSPS) is 15.6. The van der Waals surface area contributed by atoms with Crippen LogP contribution in [0.3, 0.4) is 0 Å². The highest BCUT2D eigenvalue weighted by atomic mass is 32.2. The molecule has 2 heterocycles. The minimum atomic E-state index is -4.48. The number of hydrogen-bond acceptors (Lipinski definition) is 5. The predicted octanol–water partition coefficient (Wildman–Crippen LogP) is 5.30. The second kappa shape index (κ2) is 9.56. The first-order chi connectivity index (χ1) is 15.7. The van der Waals surface area contributed by atoms with Crippen LogP contribution in [-0.2, 0) is 22.2 Å². The number of fused-ring (bicyclic) bond motifs is 1. The van der Waals surface area contributed by atoms with Gasteiger partial charge in [0.2, 0.25) is 11.8 Å². The van der Waals surface area contributed by atoms with E-state index in [1.54, 1.807) is 11.3 Å². The van der Waals surface area contributed by atoms with Gasteiger partial charge in [0.05, 0.1) is 27.2 Å². The lowest BCUT2D eigenvalue weighted by atomic mass is 10.1. The summed E-state index contributed by atoms with van der Waals surface area (Å²) >= 11 is 2.70. The van der Waals surface area contributed by atoms with Gasteiger partial charge in [-0.2, -0.15) is 13.2 Å². The van der Waals surface area contributed by atoms with Crippen molar-refractivity contribution in [2.75, 3.05) is 11.9 Å². The Balaban J connectivity index is 1.27. The van der Waals surface area contributed by atoms with E-state index in [-0.39, 0.29) is 18.0 Å². The lowest BCUT2D eigenvalue weighted by Crippen LogP contribution is -2.35. The molecule has 2 amide bonds. The highest BCUT2D eigenvalue weighted by Crippen LogP contribution is 2.40. The summed E-state index contributed by atoms with van der Waals surface area (Å²) in [4.78, 5) is 29.6. The fraction of sp³-hybridized carbons (Fsp3) is 0.261. The Bertz CT molecular complexity index is 1180. The molecule has 172 valence electrons. The van der Waals surface area contributed by atoms with E-state index in [0.717, 1.165) is 45.7 Å². The molecule has 0 fully saturated rings. The van der Waals surface area contributed by atoms with E-state index in [0.29, 0.717) is 17.9 Å². The minimum absolute atomic E-state index is 0.0565. The average Bonchev–Trinajstić information content (AvgIpc) is 3.20. The van der Waals surface area contributed by atoms with Crippen molar-refractivity contribution in [2.45, 2.75) is 36.1 Å². The maximum atomic E-state index is 12.9. The van der Waals surface area contributed by atoms with Crippen molar-refractivity contribution in [1.82, 2.24) is 10.3 Å². The number of aromatic nitrogens is 1. The van der Waals surface area contributed by atoms with Crippen molar-refractivity contribution >= 4 is 40.6 Å². The number of thioether (sulfide) groups is 1. The number of carbonyl (C=O) groups excluding carboxylic acids is 2. The Hall–Kier alpha value is -2.85. The summed E-state index contributed by atoms with van der Waals surface area (Å²) in [5.74, 6) is -0.762. The molecule has 0 radical (unpaired) electrons. The Labute approximate surface area is 196 Å².